The minimum absolute atomic E-state index is 0.178. The number of anilines is 1. The predicted octanol–water partition coefficient (Wildman–Crippen LogP) is 1.97. The molecule has 5 heteroatoms. The molecule has 1 heterocycles. The van der Waals surface area contributed by atoms with Gasteiger partial charge in [0.1, 0.15) is 11.6 Å². The fraction of sp³-hybridized carbons (Fsp3) is 0.100. The molecule has 1 aromatic carbocycles. The van der Waals surface area contributed by atoms with E-state index in [1.165, 1.54) is 30.5 Å². The monoisotopic (exact) mass is 208 g/mol. The van der Waals surface area contributed by atoms with Gasteiger partial charge in [-0.2, -0.15) is 0 Å². The SMILES string of the molecule is Nc1cnoc1COc1ccc(F)cc1. The number of halogens is 1. The van der Waals surface area contributed by atoms with E-state index in [1.807, 2.05) is 0 Å². The quantitative estimate of drug-likeness (QED) is 0.837. The third-order valence-electron chi connectivity index (χ3n) is 1.86. The van der Waals surface area contributed by atoms with Crippen LogP contribution in [0.4, 0.5) is 10.1 Å². The van der Waals surface area contributed by atoms with Crippen LogP contribution in [0.1, 0.15) is 5.76 Å². The third kappa shape index (κ3) is 2.25. The molecule has 1 aromatic heterocycles. The zero-order valence-corrected chi connectivity index (χ0v) is 7.81. The first-order chi connectivity index (χ1) is 7.25. The van der Waals surface area contributed by atoms with Crippen molar-refractivity contribution in [3.8, 4) is 5.75 Å². The van der Waals surface area contributed by atoms with Crippen LogP contribution in [0.25, 0.3) is 0 Å². The summed E-state index contributed by atoms with van der Waals surface area (Å²) in [4.78, 5) is 0. The lowest BCUT2D eigenvalue weighted by Crippen LogP contribution is -1.97. The molecule has 0 unspecified atom stereocenters. The van der Waals surface area contributed by atoms with Crippen LogP contribution in [0.5, 0.6) is 5.75 Å². The zero-order chi connectivity index (χ0) is 10.7. The van der Waals surface area contributed by atoms with Crippen LogP contribution in [-0.2, 0) is 6.61 Å². The number of hydrogen-bond acceptors (Lipinski definition) is 4. The van der Waals surface area contributed by atoms with Gasteiger partial charge in [-0.1, -0.05) is 5.16 Å². The maximum atomic E-state index is 12.6. The van der Waals surface area contributed by atoms with Gasteiger partial charge in [0.05, 0.1) is 11.9 Å². The summed E-state index contributed by atoms with van der Waals surface area (Å²) >= 11 is 0. The fourth-order valence-electron chi connectivity index (χ4n) is 1.06. The van der Waals surface area contributed by atoms with E-state index in [4.69, 9.17) is 15.0 Å². The molecule has 0 saturated heterocycles. The number of aromatic nitrogens is 1. The number of rotatable bonds is 3. The maximum absolute atomic E-state index is 12.6. The van der Waals surface area contributed by atoms with E-state index < -0.39 is 0 Å². The lowest BCUT2D eigenvalue weighted by Gasteiger charge is -2.03. The molecular weight excluding hydrogens is 199 g/mol. The molecule has 0 amide bonds. The highest BCUT2D eigenvalue weighted by atomic mass is 19.1. The number of ether oxygens (including phenoxy) is 1. The van der Waals surface area contributed by atoms with Crippen molar-refractivity contribution in [1.82, 2.24) is 5.16 Å². The van der Waals surface area contributed by atoms with Crippen molar-refractivity contribution in [3.63, 3.8) is 0 Å². The molecule has 2 N–H and O–H groups in total. The van der Waals surface area contributed by atoms with Gasteiger partial charge in [0.15, 0.2) is 12.4 Å². The largest absolute Gasteiger partial charge is 0.485 e. The Morgan fingerprint density at radius 1 is 1.33 bits per heavy atom. The second-order valence-electron chi connectivity index (χ2n) is 2.95. The van der Waals surface area contributed by atoms with Crippen LogP contribution in [0.3, 0.4) is 0 Å². The second kappa shape index (κ2) is 4.00. The standard InChI is InChI=1S/C10H9FN2O2/c11-7-1-3-8(4-2-7)14-6-10-9(12)5-13-15-10/h1-5H,6,12H2. The van der Waals surface area contributed by atoms with Crippen molar-refractivity contribution in [3.05, 3.63) is 42.0 Å². The first-order valence-electron chi connectivity index (χ1n) is 4.33. The molecule has 2 aromatic rings. The highest BCUT2D eigenvalue weighted by Crippen LogP contribution is 2.16. The van der Waals surface area contributed by atoms with E-state index in [1.54, 1.807) is 0 Å². The average Bonchev–Trinajstić information content (AvgIpc) is 2.63. The second-order valence-corrected chi connectivity index (χ2v) is 2.95. The van der Waals surface area contributed by atoms with Gasteiger partial charge in [-0.25, -0.2) is 4.39 Å². The molecule has 2 rings (SSSR count). The summed E-state index contributed by atoms with van der Waals surface area (Å²) < 4.78 is 22.7. The van der Waals surface area contributed by atoms with E-state index in [0.717, 1.165) is 0 Å². The van der Waals surface area contributed by atoms with E-state index in [0.29, 0.717) is 17.2 Å². The number of nitrogen functional groups attached to an aromatic ring is 1. The molecule has 0 radical (unpaired) electrons. The summed E-state index contributed by atoms with van der Waals surface area (Å²) in [6.07, 6.45) is 1.41. The normalized spacial score (nSPS) is 10.2. The highest BCUT2D eigenvalue weighted by molar-refractivity contribution is 5.37. The summed E-state index contributed by atoms with van der Waals surface area (Å²) in [5, 5.41) is 3.51. The van der Waals surface area contributed by atoms with Crippen molar-refractivity contribution in [2.45, 2.75) is 6.61 Å². The molecule has 4 nitrogen and oxygen atoms in total. The van der Waals surface area contributed by atoms with E-state index in [2.05, 4.69) is 5.16 Å². The lowest BCUT2D eigenvalue weighted by atomic mass is 10.3. The highest BCUT2D eigenvalue weighted by Gasteiger charge is 2.05. The summed E-state index contributed by atoms with van der Waals surface area (Å²) in [5.41, 5.74) is 5.97. The zero-order valence-electron chi connectivity index (χ0n) is 7.81. The molecule has 15 heavy (non-hydrogen) atoms. The van der Waals surface area contributed by atoms with Gasteiger partial charge in [-0.15, -0.1) is 0 Å². The molecule has 0 aliphatic heterocycles. The Labute approximate surface area is 85.4 Å². The summed E-state index contributed by atoms with van der Waals surface area (Å²) in [6, 6.07) is 5.70. The molecule has 0 aliphatic rings. The van der Waals surface area contributed by atoms with Gasteiger partial charge in [-0.05, 0) is 24.3 Å². The van der Waals surface area contributed by atoms with Crippen LogP contribution in [0.2, 0.25) is 0 Å². The topological polar surface area (TPSA) is 61.3 Å². The molecule has 0 saturated carbocycles. The van der Waals surface area contributed by atoms with E-state index in [-0.39, 0.29) is 12.4 Å². The molecule has 0 atom stereocenters. The van der Waals surface area contributed by atoms with Gasteiger partial charge < -0.3 is 15.0 Å². The van der Waals surface area contributed by atoms with Gasteiger partial charge in [0, 0.05) is 0 Å². The minimum Gasteiger partial charge on any atom is -0.485 e. The summed E-state index contributed by atoms with van der Waals surface area (Å²) in [6.45, 7) is 0.178. The van der Waals surface area contributed by atoms with Crippen LogP contribution in [0, 0.1) is 5.82 Å². The maximum Gasteiger partial charge on any atom is 0.196 e. The Balaban J connectivity index is 1.99. The molecule has 78 valence electrons. The third-order valence-corrected chi connectivity index (χ3v) is 1.86. The van der Waals surface area contributed by atoms with Crippen molar-refractivity contribution in [1.29, 1.82) is 0 Å². The van der Waals surface area contributed by atoms with Gasteiger partial charge in [0.2, 0.25) is 0 Å². The van der Waals surface area contributed by atoms with Crippen LogP contribution in [-0.4, -0.2) is 5.16 Å². The molecule has 0 fully saturated rings. The average molecular weight is 208 g/mol. The Morgan fingerprint density at radius 2 is 2.07 bits per heavy atom. The summed E-state index contributed by atoms with van der Waals surface area (Å²) in [5.74, 6) is 0.702. The van der Waals surface area contributed by atoms with Gasteiger partial charge in [0.25, 0.3) is 0 Å². The van der Waals surface area contributed by atoms with Gasteiger partial charge >= 0.3 is 0 Å². The number of benzene rings is 1. The number of hydrogen-bond donors (Lipinski definition) is 1. The summed E-state index contributed by atoms with van der Waals surface area (Å²) in [7, 11) is 0. The Bertz CT molecular complexity index is 439. The molecule has 0 aliphatic carbocycles. The Kier molecular flexibility index (Phi) is 2.53. The predicted molar refractivity (Wildman–Crippen MR) is 51.6 cm³/mol. The van der Waals surface area contributed by atoms with Crippen LogP contribution >= 0.6 is 0 Å². The van der Waals surface area contributed by atoms with E-state index >= 15 is 0 Å². The van der Waals surface area contributed by atoms with Crippen molar-refractivity contribution >= 4 is 5.69 Å². The molecular formula is C10H9FN2O2. The van der Waals surface area contributed by atoms with Crippen LogP contribution < -0.4 is 10.5 Å². The molecule has 0 bridgehead atoms. The lowest BCUT2D eigenvalue weighted by molar-refractivity contribution is 0.250. The number of nitrogens with two attached hydrogens (primary N) is 1. The Morgan fingerprint density at radius 3 is 2.67 bits per heavy atom. The fourth-order valence-corrected chi connectivity index (χ4v) is 1.06. The Hall–Kier alpha value is -2.04. The molecule has 0 spiro atoms. The number of nitrogens with zero attached hydrogens (tertiary/aromatic N) is 1. The van der Waals surface area contributed by atoms with Crippen LogP contribution in [0.15, 0.2) is 35.0 Å². The minimum atomic E-state index is -0.304. The smallest absolute Gasteiger partial charge is 0.196 e. The van der Waals surface area contributed by atoms with Gasteiger partial charge in [-0.3, -0.25) is 0 Å². The van der Waals surface area contributed by atoms with Crippen molar-refractivity contribution in [2.24, 2.45) is 0 Å². The van der Waals surface area contributed by atoms with Crippen molar-refractivity contribution < 1.29 is 13.7 Å². The first kappa shape index (κ1) is 9.51. The van der Waals surface area contributed by atoms with E-state index in [9.17, 15) is 4.39 Å². The first-order valence-corrected chi connectivity index (χ1v) is 4.33. The van der Waals surface area contributed by atoms with Crippen molar-refractivity contribution in [2.75, 3.05) is 5.73 Å².